The number of hydrogen-bond acceptors (Lipinski definition) is 0. The molecule has 0 saturated carbocycles. The van der Waals surface area contributed by atoms with Gasteiger partial charge in [0.1, 0.15) is 0 Å². The summed E-state index contributed by atoms with van der Waals surface area (Å²) in [7, 11) is 0. The summed E-state index contributed by atoms with van der Waals surface area (Å²) in [5.41, 5.74) is 5.75. The van der Waals surface area contributed by atoms with Crippen LogP contribution in [0.5, 0.6) is 0 Å². The van der Waals surface area contributed by atoms with Crippen LogP contribution in [0.2, 0.25) is 0 Å². The Balaban J connectivity index is 2.22. The summed E-state index contributed by atoms with van der Waals surface area (Å²) in [6.45, 7) is 2.26. The van der Waals surface area contributed by atoms with Gasteiger partial charge < -0.3 is 0 Å². The Labute approximate surface area is 125 Å². The SMILES string of the molecule is CCCC1c2cc(Br)ccc2-c2ccc(Br)cc21. The molecule has 0 radical (unpaired) electrons. The summed E-state index contributed by atoms with van der Waals surface area (Å²) in [4.78, 5) is 0. The smallest absolute Gasteiger partial charge is 0.0178 e. The molecule has 18 heavy (non-hydrogen) atoms. The highest BCUT2D eigenvalue weighted by Crippen LogP contribution is 2.48. The quantitative estimate of drug-likeness (QED) is 0.600. The highest BCUT2D eigenvalue weighted by Gasteiger charge is 2.28. The number of rotatable bonds is 2. The maximum Gasteiger partial charge on any atom is 0.0178 e. The summed E-state index contributed by atoms with van der Waals surface area (Å²) in [5, 5.41) is 0. The summed E-state index contributed by atoms with van der Waals surface area (Å²) in [6, 6.07) is 13.3. The van der Waals surface area contributed by atoms with Gasteiger partial charge in [-0.2, -0.15) is 0 Å². The molecule has 0 spiro atoms. The van der Waals surface area contributed by atoms with Gasteiger partial charge in [0, 0.05) is 14.9 Å². The molecule has 0 fully saturated rings. The molecular weight excluding hydrogens is 352 g/mol. The second-order valence-corrected chi connectivity index (χ2v) is 6.64. The van der Waals surface area contributed by atoms with E-state index in [9.17, 15) is 0 Å². The van der Waals surface area contributed by atoms with Crippen molar-refractivity contribution in [1.82, 2.24) is 0 Å². The van der Waals surface area contributed by atoms with Crippen LogP contribution in [-0.2, 0) is 0 Å². The zero-order valence-corrected chi connectivity index (χ0v) is 13.4. The van der Waals surface area contributed by atoms with Crippen LogP contribution >= 0.6 is 31.9 Å². The van der Waals surface area contributed by atoms with Crippen LogP contribution in [0, 0.1) is 0 Å². The maximum absolute atomic E-state index is 3.59. The Morgan fingerprint density at radius 3 is 1.83 bits per heavy atom. The van der Waals surface area contributed by atoms with E-state index in [0.29, 0.717) is 5.92 Å². The van der Waals surface area contributed by atoms with Crippen molar-refractivity contribution < 1.29 is 0 Å². The highest BCUT2D eigenvalue weighted by atomic mass is 79.9. The summed E-state index contributed by atoms with van der Waals surface area (Å²) in [6.07, 6.45) is 2.43. The van der Waals surface area contributed by atoms with E-state index in [1.54, 1.807) is 0 Å². The lowest BCUT2D eigenvalue weighted by molar-refractivity contribution is 0.711. The van der Waals surface area contributed by atoms with Crippen LogP contribution in [0.15, 0.2) is 45.3 Å². The average Bonchev–Trinajstić information content (AvgIpc) is 2.63. The number of fused-ring (bicyclic) bond motifs is 3. The highest BCUT2D eigenvalue weighted by molar-refractivity contribution is 9.10. The van der Waals surface area contributed by atoms with Gasteiger partial charge in [-0.3, -0.25) is 0 Å². The topological polar surface area (TPSA) is 0 Å². The minimum atomic E-state index is 0.551. The molecule has 0 amide bonds. The summed E-state index contributed by atoms with van der Waals surface area (Å²) >= 11 is 7.19. The van der Waals surface area contributed by atoms with E-state index in [1.807, 2.05) is 0 Å². The molecule has 92 valence electrons. The van der Waals surface area contributed by atoms with Crippen LogP contribution in [-0.4, -0.2) is 0 Å². The Kier molecular flexibility index (Phi) is 3.33. The number of benzene rings is 2. The molecule has 0 aromatic heterocycles. The summed E-state index contributed by atoms with van der Waals surface area (Å²) in [5.74, 6) is 0.551. The molecule has 3 rings (SSSR count). The molecule has 2 aromatic carbocycles. The zero-order valence-electron chi connectivity index (χ0n) is 10.2. The zero-order chi connectivity index (χ0) is 12.7. The van der Waals surface area contributed by atoms with Crippen LogP contribution in [0.25, 0.3) is 11.1 Å². The molecule has 0 heterocycles. The summed E-state index contributed by atoms with van der Waals surface area (Å²) < 4.78 is 2.35. The van der Waals surface area contributed by atoms with Gasteiger partial charge in [0.2, 0.25) is 0 Å². The van der Waals surface area contributed by atoms with Gasteiger partial charge in [-0.1, -0.05) is 57.3 Å². The number of hydrogen-bond donors (Lipinski definition) is 0. The van der Waals surface area contributed by atoms with E-state index in [-0.39, 0.29) is 0 Å². The monoisotopic (exact) mass is 364 g/mol. The van der Waals surface area contributed by atoms with Gasteiger partial charge >= 0.3 is 0 Å². The lowest BCUT2D eigenvalue weighted by Gasteiger charge is -2.12. The van der Waals surface area contributed by atoms with E-state index >= 15 is 0 Å². The average molecular weight is 366 g/mol. The van der Waals surface area contributed by atoms with Gasteiger partial charge in [-0.15, -0.1) is 0 Å². The Morgan fingerprint density at radius 2 is 1.39 bits per heavy atom. The van der Waals surface area contributed by atoms with E-state index in [0.717, 1.165) is 0 Å². The first-order valence-corrected chi connectivity index (χ1v) is 7.88. The van der Waals surface area contributed by atoms with Crippen molar-refractivity contribution in [2.24, 2.45) is 0 Å². The molecule has 1 aliphatic rings. The van der Waals surface area contributed by atoms with Gasteiger partial charge in [-0.25, -0.2) is 0 Å². The van der Waals surface area contributed by atoms with Crippen LogP contribution in [0.4, 0.5) is 0 Å². The van der Waals surface area contributed by atoms with Crippen molar-refractivity contribution in [2.45, 2.75) is 25.7 Å². The predicted octanol–water partition coefficient (Wildman–Crippen LogP) is 6.12. The first-order valence-electron chi connectivity index (χ1n) is 6.30. The van der Waals surface area contributed by atoms with Gasteiger partial charge in [0.15, 0.2) is 0 Å². The minimum Gasteiger partial charge on any atom is -0.0653 e. The first kappa shape index (κ1) is 12.4. The maximum atomic E-state index is 3.59. The second-order valence-electron chi connectivity index (χ2n) is 4.80. The Morgan fingerprint density at radius 1 is 0.889 bits per heavy atom. The van der Waals surface area contributed by atoms with Crippen molar-refractivity contribution >= 4 is 31.9 Å². The minimum absolute atomic E-state index is 0.551. The van der Waals surface area contributed by atoms with Crippen LogP contribution in [0.1, 0.15) is 36.8 Å². The molecule has 0 saturated heterocycles. The molecule has 2 aromatic rings. The largest absolute Gasteiger partial charge is 0.0653 e. The second kappa shape index (κ2) is 4.82. The molecule has 0 nitrogen and oxygen atoms in total. The molecule has 0 bridgehead atoms. The Bertz CT molecular complexity index is 551. The van der Waals surface area contributed by atoms with Crippen molar-refractivity contribution in [3.63, 3.8) is 0 Å². The van der Waals surface area contributed by atoms with Crippen molar-refractivity contribution in [3.8, 4) is 11.1 Å². The molecule has 0 atom stereocenters. The van der Waals surface area contributed by atoms with E-state index in [1.165, 1.54) is 44.0 Å². The van der Waals surface area contributed by atoms with E-state index < -0.39 is 0 Å². The standard InChI is InChI=1S/C16H14Br2/c1-2-3-12-15-8-10(17)4-6-13(15)14-7-5-11(18)9-16(12)14/h4-9,12H,2-3H2,1H3. The molecule has 0 aliphatic heterocycles. The predicted molar refractivity (Wildman–Crippen MR) is 84.0 cm³/mol. The lowest BCUT2D eigenvalue weighted by Crippen LogP contribution is -1.95. The van der Waals surface area contributed by atoms with Gasteiger partial charge in [-0.05, 0) is 52.9 Å². The fourth-order valence-electron chi connectivity index (χ4n) is 2.90. The molecule has 2 heteroatoms. The molecule has 0 N–H and O–H groups in total. The molecule has 1 aliphatic carbocycles. The Hall–Kier alpha value is -0.600. The lowest BCUT2D eigenvalue weighted by atomic mass is 9.93. The fraction of sp³-hybridized carbons (Fsp3) is 0.250. The third-order valence-electron chi connectivity index (χ3n) is 3.65. The van der Waals surface area contributed by atoms with E-state index in [2.05, 4.69) is 75.2 Å². The number of halogens is 2. The molecule has 0 unspecified atom stereocenters. The van der Waals surface area contributed by atoms with Crippen molar-refractivity contribution in [3.05, 3.63) is 56.5 Å². The first-order chi connectivity index (χ1) is 8.70. The van der Waals surface area contributed by atoms with Crippen molar-refractivity contribution in [2.75, 3.05) is 0 Å². The molecular formula is C16H14Br2. The normalized spacial score (nSPS) is 13.5. The third kappa shape index (κ3) is 1.96. The van der Waals surface area contributed by atoms with Gasteiger partial charge in [0.05, 0.1) is 0 Å². The third-order valence-corrected chi connectivity index (χ3v) is 4.63. The van der Waals surface area contributed by atoms with Gasteiger partial charge in [0.25, 0.3) is 0 Å². The van der Waals surface area contributed by atoms with Crippen LogP contribution in [0.3, 0.4) is 0 Å². The van der Waals surface area contributed by atoms with Crippen LogP contribution < -0.4 is 0 Å². The van der Waals surface area contributed by atoms with E-state index in [4.69, 9.17) is 0 Å². The van der Waals surface area contributed by atoms with Crippen molar-refractivity contribution in [1.29, 1.82) is 0 Å². The fourth-order valence-corrected chi connectivity index (χ4v) is 3.66.